The molecule has 1 aromatic carbocycles. The van der Waals surface area contributed by atoms with Crippen molar-refractivity contribution in [2.45, 2.75) is 6.92 Å². The van der Waals surface area contributed by atoms with E-state index < -0.39 is 5.97 Å². The van der Waals surface area contributed by atoms with Gasteiger partial charge in [-0.1, -0.05) is 24.3 Å². The topological polar surface area (TPSA) is 105 Å². The first kappa shape index (κ1) is 15.2. The van der Waals surface area contributed by atoms with Gasteiger partial charge in [0.05, 0.1) is 24.5 Å². The maximum atomic E-state index is 12.7. The van der Waals surface area contributed by atoms with Crippen molar-refractivity contribution in [2.24, 2.45) is 0 Å². The molecule has 0 saturated carbocycles. The van der Waals surface area contributed by atoms with E-state index >= 15 is 0 Å². The van der Waals surface area contributed by atoms with E-state index in [4.69, 9.17) is 11.7 Å². The SMILES string of the molecule is [C-]#[N+]c1ccc(-c2c(C)[nH]n(-c3cnc(C(=O)O)cn3)c2=O)cc1. The first-order valence-corrected chi connectivity index (χ1v) is 6.86. The number of nitrogens with one attached hydrogen (secondary N) is 1. The monoisotopic (exact) mass is 321 g/mol. The number of H-pyrrole nitrogens is 1. The van der Waals surface area contributed by atoms with Gasteiger partial charge in [0, 0.05) is 5.69 Å². The zero-order valence-corrected chi connectivity index (χ0v) is 12.5. The molecule has 0 atom stereocenters. The number of rotatable bonds is 3. The Morgan fingerprint density at radius 2 is 1.96 bits per heavy atom. The van der Waals surface area contributed by atoms with E-state index in [1.54, 1.807) is 31.2 Å². The average Bonchev–Trinajstić information content (AvgIpc) is 2.89. The molecular weight excluding hydrogens is 310 g/mol. The molecule has 118 valence electrons. The van der Waals surface area contributed by atoms with Crippen molar-refractivity contribution in [1.29, 1.82) is 0 Å². The van der Waals surface area contributed by atoms with Crippen LogP contribution >= 0.6 is 0 Å². The highest BCUT2D eigenvalue weighted by atomic mass is 16.4. The molecule has 0 unspecified atom stereocenters. The highest BCUT2D eigenvalue weighted by molar-refractivity contribution is 5.84. The summed E-state index contributed by atoms with van der Waals surface area (Å²) in [7, 11) is 0. The normalized spacial score (nSPS) is 10.3. The van der Waals surface area contributed by atoms with Gasteiger partial charge in [0.15, 0.2) is 17.2 Å². The number of aromatic amines is 1. The maximum Gasteiger partial charge on any atom is 0.356 e. The second-order valence-electron chi connectivity index (χ2n) is 4.98. The number of aromatic carboxylic acids is 1. The van der Waals surface area contributed by atoms with Crippen LogP contribution in [0, 0.1) is 13.5 Å². The van der Waals surface area contributed by atoms with E-state index in [-0.39, 0.29) is 17.1 Å². The molecule has 3 aromatic rings. The molecule has 0 aliphatic carbocycles. The molecule has 3 rings (SSSR count). The summed E-state index contributed by atoms with van der Waals surface area (Å²) >= 11 is 0. The minimum Gasteiger partial charge on any atom is -0.476 e. The zero-order valence-electron chi connectivity index (χ0n) is 12.5. The third-order valence-corrected chi connectivity index (χ3v) is 3.44. The molecule has 0 radical (unpaired) electrons. The van der Waals surface area contributed by atoms with E-state index in [2.05, 4.69) is 19.9 Å². The van der Waals surface area contributed by atoms with Gasteiger partial charge in [0.1, 0.15) is 0 Å². The molecule has 0 saturated heterocycles. The van der Waals surface area contributed by atoms with Crippen LogP contribution in [-0.4, -0.2) is 30.8 Å². The van der Waals surface area contributed by atoms with E-state index in [1.165, 1.54) is 10.9 Å². The number of aryl methyl sites for hydroxylation is 1. The summed E-state index contributed by atoms with van der Waals surface area (Å²) in [5.41, 5.74) is 1.71. The van der Waals surface area contributed by atoms with Gasteiger partial charge in [-0.2, -0.15) is 4.68 Å². The largest absolute Gasteiger partial charge is 0.476 e. The van der Waals surface area contributed by atoms with Crippen LogP contribution in [0.15, 0.2) is 41.5 Å². The Kier molecular flexibility index (Phi) is 3.67. The van der Waals surface area contributed by atoms with Gasteiger partial charge >= 0.3 is 5.97 Å². The van der Waals surface area contributed by atoms with Crippen molar-refractivity contribution in [3.63, 3.8) is 0 Å². The molecular formula is C16H11N5O3. The van der Waals surface area contributed by atoms with Crippen LogP contribution in [0.4, 0.5) is 5.69 Å². The van der Waals surface area contributed by atoms with Gasteiger partial charge in [-0.25, -0.2) is 19.6 Å². The predicted molar refractivity (Wildman–Crippen MR) is 85.4 cm³/mol. The van der Waals surface area contributed by atoms with E-state index in [9.17, 15) is 9.59 Å². The second-order valence-corrected chi connectivity index (χ2v) is 4.98. The lowest BCUT2D eigenvalue weighted by atomic mass is 10.1. The van der Waals surface area contributed by atoms with E-state index in [0.29, 0.717) is 22.5 Å². The second kappa shape index (κ2) is 5.81. The van der Waals surface area contributed by atoms with Crippen LogP contribution < -0.4 is 5.56 Å². The van der Waals surface area contributed by atoms with Crippen LogP contribution in [0.25, 0.3) is 21.8 Å². The molecule has 8 nitrogen and oxygen atoms in total. The van der Waals surface area contributed by atoms with Gasteiger partial charge in [0.2, 0.25) is 0 Å². The Hall–Kier alpha value is -3.73. The van der Waals surface area contributed by atoms with Crippen molar-refractivity contribution in [3.05, 3.63) is 69.8 Å². The minimum atomic E-state index is -1.19. The number of benzene rings is 1. The summed E-state index contributed by atoms with van der Waals surface area (Å²) in [6.45, 7) is 8.71. The van der Waals surface area contributed by atoms with E-state index in [0.717, 1.165) is 6.20 Å². The molecule has 0 fully saturated rings. The molecule has 0 aliphatic rings. The van der Waals surface area contributed by atoms with Gasteiger partial charge in [-0.05, 0) is 12.5 Å². The Morgan fingerprint density at radius 1 is 1.25 bits per heavy atom. The van der Waals surface area contributed by atoms with Gasteiger partial charge in [0.25, 0.3) is 5.56 Å². The molecule has 2 aromatic heterocycles. The van der Waals surface area contributed by atoms with Crippen LogP contribution in [0.3, 0.4) is 0 Å². The first-order chi connectivity index (χ1) is 11.5. The Bertz CT molecular complexity index is 1010. The summed E-state index contributed by atoms with van der Waals surface area (Å²) < 4.78 is 1.20. The highest BCUT2D eigenvalue weighted by Crippen LogP contribution is 2.22. The predicted octanol–water partition coefficient (Wildman–Crippen LogP) is 2.18. The number of nitrogens with zero attached hydrogens (tertiary/aromatic N) is 4. The highest BCUT2D eigenvalue weighted by Gasteiger charge is 2.15. The Balaban J connectivity index is 2.07. The summed E-state index contributed by atoms with van der Waals surface area (Å²) in [5.74, 6) is -0.998. The summed E-state index contributed by atoms with van der Waals surface area (Å²) in [6, 6.07) is 6.68. The van der Waals surface area contributed by atoms with Gasteiger partial charge < -0.3 is 5.11 Å². The molecule has 24 heavy (non-hydrogen) atoms. The number of carboxylic acids is 1. The third-order valence-electron chi connectivity index (χ3n) is 3.44. The number of carboxylic acid groups (broad SMARTS) is 1. The summed E-state index contributed by atoms with van der Waals surface area (Å²) in [5, 5.41) is 11.7. The number of aromatic nitrogens is 4. The van der Waals surface area contributed by atoms with Crippen LogP contribution in [0.1, 0.15) is 16.2 Å². The standard InChI is InChI=1S/C16H11N5O3/c1-9-14(10-3-5-11(17-2)6-4-10)15(22)21(20-9)13-8-18-12(7-19-13)16(23)24/h3-8,20H,1H3,(H,23,24). The lowest BCUT2D eigenvalue weighted by Gasteiger charge is -2.00. The average molecular weight is 321 g/mol. The van der Waals surface area contributed by atoms with Crippen molar-refractivity contribution < 1.29 is 9.90 Å². The molecule has 0 amide bonds. The number of hydrogen-bond acceptors (Lipinski definition) is 4. The Morgan fingerprint density at radius 3 is 2.50 bits per heavy atom. The zero-order chi connectivity index (χ0) is 17.3. The van der Waals surface area contributed by atoms with Gasteiger partial charge in [-0.15, -0.1) is 0 Å². The number of hydrogen-bond donors (Lipinski definition) is 2. The molecule has 2 N–H and O–H groups in total. The summed E-state index contributed by atoms with van der Waals surface area (Å²) in [6.07, 6.45) is 2.30. The fraction of sp³-hybridized carbons (Fsp3) is 0.0625. The van der Waals surface area contributed by atoms with Crippen LogP contribution in [-0.2, 0) is 0 Å². The van der Waals surface area contributed by atoms with Gasteiger partial charge in [-0.3, -0.25) is 9.89 Å². The summed E-state index contributed by atoms with van der Waals surface area (Å²) in [4.78, 5) is 34.5. The van der Waals surface area contributed by atoms with Crippen molar-refractivity contribution >= 4 is 11.7 Å². The quantitative estimate of drug-likeness (QED) is 0.719. The molecule has 2 heterocycles. The van der Waals surface area contributed by atoms with Crippen molar-refractivity contribution in [1.82, 2.24) is 19.7 Å². The molecule has 0 aliphatic heterocycles. The van der Waals surface area contributed by atoms with Crippen molar-refractivity contribution in [3.8, 4) is 16.9 Å². The molecule has 8 heteroatoms. The maximum absolute atomic E-state index is 12.7. The number of carbonyl (C=O) groups is 1. The van der Waals surface area contributed by atoms with Crippen LogP contribution in [0.2, 0.25) is 0 Å². The third kappa shape index (κ3) is 2.55. The fourth-order valence-electron chi connectivity index (χ4n) is 2.30. The van der Waals surface area contributed by atoms with E-state index in [1.807, 2.05) is 0 Å². The molecule has 0 spiro atoms. The first-order valence-electron chi connectivity index (χ1n) is 6.86. The minimum absolute atomic E-state index is 0.192. The van der Waals surface area contributed by atoms with Crippen molar-refractivity contribution in [2.75, 3.05) is 0 Å². The lowest BCUT2D eigenvalue weighted by molar-refractivity contribution is 0.0690. The molecule has 0 bridgehead atoms. The smallest absolute Gasteiger partial charge is 0.356 e. The Labute approximate surface area is 135 Å². The fourth-order valence-corrected chi connectivity index (χ4v) is 2.30. The lowest BCUT2D eigenvalue weighted by Crippen LogP contribution is -2.17. The van der Waals surface area contributed by atoms with Crippen LogP contribution in [0.5, 0.6) is 0 Å².